The Labute approximate surface area is 126 Å². The van der Waals surface area contributed by atoms with Crippen LogP contribution in [-0.4, -0.2) is 26.0 Å². The first-order chi connectivity index (χ1) is 9.85. The molecule has 0 heterocycles. The molecule has 0 aliphatic rings. The van der Waals surface area contributed by atoms with Crippen LogP contribution in [0.15, 0.2) is 17.0 Å². The average molecular weight is 313 g/mol. The van der Waals surface area contributed by atoms with Crippen molar-refractivity contribution in [2.45, 2.75) is 51.3 Å². The molecule has 0 aliphatic carbocycles. The van der Waals surface area contributed by atoms with Gasteiger partial charge in [0.15, 0.2) is 0 Å². The Kier molecular flexibility index (Phi) is 6.36. The first-order valence-electron chi connectivity index (χ1n) is 7.21. The lowest BCUT2D eigenvalue weighted by molar-refractivity contribution is -0.136. The number of carboxylic acids is 1. The van der Waals surface area contributed by atoms with Gasteiger partial charge in [-0.25, -0.2) is 13.1 Å². The van der Waals surface area contributed by atoms with Crippen LogP contribution in [0.4, 0.5) is 0 Å². The van der Waals surface area contributed by atoms with Crippen molar-refractivity contribution in [3.05, 3.63) is 28.8 Å². The molecule has 1 rings (SSSR count). The molecule has 0 unspecified atom stereocenters. The summed E-state index contributed by atoms with van der Waals surface area (Å²) < 4.78 is 27.3. The maximum absolute atomic E-state index is 12.5. The van der Waals surface area contributed by atoms with Gasteiger partial charge in [0, 0.05) is 6.54 Å². The van der Waals surface area contributed by atoms with Crippen molar-refractivity contribution in [1.82, 2.24) is 4.72 Å². The van der Waals surface area contributed by atoms with Gasteiger partial charge >= 0.3 is 5.97 Å². The summed E-state index contributed by atoms with van der Waals surface area (Å²) >= 11 is 0. The van der Waals surface area contributed by atoms with E-state index in [-0.39, 0.29) is 13.0 Å². The number of rotatable bonds is 8. The highest BCUT2D eigenvalue weighted by molar-refractivity contribution is 7.89. The fourth-order valence-corrected chi connectivity index (χ4v) is 3.88. The Morgan fingerprint density at radius 1 is 1.10 bits per heavy atom. The molecule has 0 spiro atoms. The van der Waals surface area contributed by atoms with Crippen molar-refractivity contribution in [3.63, 3.8) is 0 Å². The number of hydrogen-bond donors (Lipinski definition) is 2. The number of carboxylic acid groups (broad SMARTS) is 1. The summed E-state index contributed by atoms with van der Waals surface area (Å²) in [6, 6.07) is 3.84. The zero-order valence-electron chi connectivity index (χ0n) is 12.8. The van der Waals surface area contributed by atoms with Crippen LogP contribution in [0, 0.1) is 0 Å². The number of aryl methyl sites for hydroxylation is 3. The molecule has 0 bridgehead atoms. The summed E-state index contributed by atoms with van der Waals surface area (Å²) in [6.07, 6.45) is 1.87. The van der Waals surface area contributed by atoms with Crippen molar-refractivity contribution < 1.29 is 18.3 Å². The topological polar surface area (TPSA) is 83.5 Å². The van der Waals surface area contributed by atoms with Crippen molar-refractivity contribution in [2.24, 2.45) is 0 Å². The highest BCUT2D eigenvalue weighted by Gasteiger charge is 2.22. The van der Waals surface area contributed by atoms with Crippen molar-refractivity contribution in [3.8, 4) is 0 Å². The van der Waals surface area contributed by atoms with E-state index < -0.39 is 16.0 Å². The molecule has 0 amide bonds. The smallest absolute Gasteiger partial charge is 0.304 e. The lowest BCUT2D eigenvalue weighted by atomic mass is 10.0. The van der Waals surface area contributed by atoms with Gasteiger partial charge in [0.05, 0.1) is 11.3 Å². The van der Waals surface area contributed by atoms with E-state index in [0.717, 1.165) is 23.1 Å². The van der Waals surface area contributed by atoms with Gasteiger partial charge in [-0.15, -0.1) is 0 Å². The highest BCUT2D eigenvalue weighted by Crippen LogP contribution is 2.24. The van der Waals surface area contributed by atoms with E-state index in [9.17, 15) is 13.2 Å². The highest BCUT2D eigenvalue weighted by atomic mass is 32.2. The molecule has 6 heteroatoms. The third-order valence-electron chi connectivity index (χ3n) is 3.37. The summed E-state index contributed by atoms with van der Waals surface area (Å²) in [5.74, 6) is -1.02. The fraction of sp³-hybridized carbons (Fsp3) is 0.533. The monoisotopic (exact) mass is 313 g/mol. The van der Waals surface area contributed by atoms with Crippen LogP contribution in [0.5, 0.6) is 0 Å². The lowest BCUT2D eigenvalue weighted by Crippen LogP contribution is -2.28. The van der Waals surface area contributed by atoms with Gasteiger partial charge in [-0.05, 0) is 36.0 Å². The van der Waals surface area contributed by atoms with Crippen molar-refractivity contribution in [2.75, 3.05) is 6.54 Å². The van der Waals surface area contributed by atoms with E-state index in [0.29, 0.717) is 17.7 Å². The Bertz CT molecular complexity index is 583. The predicted molar refractivity (Wildman–Crippen MR) is 82.0 cm³/mol. The third-order valence-corrected chi connectivity index (χ3v) is 5.02. The standard InChI is InChI=1S/C15H23NO4S/c1-4-11-9-12(5-2)15(13(6-3)10-11)21(19,20)16-8-7-14(17)18/h9-10,16H,4-8H2,1-3H3,(H,17,18). The molecule has 2 N–H and O–H groups in total. The Balaban J connectivity index is 3.23. The molecule has 1 aromatic rings. The second-order valence-corrected chi connectivity index (χ2v) is 6.55. The first-order valence-corrected chi connectivity index (χ1v) is 8.70. The van der Waals surface area contributed by atoms with E-state index in [1.54, 1.807) is 0 Å². The number of carbonyl (C=O) groups is 1. The van der Waals surface area contributed by atoms with E-state index in [4.69, 9.17) is 5.11 Å². The third kappa shape index (κ3) is 4.54. The molecule has 0 aromatic heterocycles. The number of aliphatic carboxylic acids is 1. The van der Waals surface area contributed by atoms with Crippen LogP contribution >= 0.6 is 0 Å². The number of sulfonamides is 1. The molecular formula is C15H23NO4S. The average Bonchev–Trinajstić information content (AvgIpc) is 2.44. The predicted octanol–water partition coefficient (Wildman–Crippen LogP) is 2.13. The van der Waals surface area contributed by atoms with Gasteiger partial charge < -0.3 is 5.11 Å². The maximum atomic E-state index is 12.5. The summed E-state index contributed by atoms with van der Waals surface area (Å²) in [5, 5.41) is 8.62. The molecule has 1 aromatic carbocycles. The summed E-state index contributed by atoms with van der Waals surface area (Å²) in [7, 11) is -3.68. The van der Waals surface area contributed by atoms with Crippen LogP contribution in [0.25, 0.3) is 0 Å². The first kappa shape index (κ1) is 17.7. The second kappa shape index (κ2) is 7.56. The molecule has 0 saturated heterocycles. The fourth-order valence-electron chi connectivity index (χ4n) is 2.27. The normalized spacial score (nSPS) is 11.6. The summed E-state index contributed by atoms with van der Waals surface area (Å²) in [6.45, 7) is 5.78. The SMILES string of the molecule is CCc1cc(CC)c(S(=O)(=O)NCCC(=O)O)c(CC)c1. The summed E-state index contributed by atoms with van der Waals surface area (Å²) in [4.78, 5) is 10.8. The molecule has 118 valence electrons. The van der Waals surface area contributed by atoms with Gasteiger partial charge in [0.1, 0.15) is 0 Å². The minimum Gasteiger partial charge on any atom is -0.481 e. The molecule has 21 heavy (non-hydrogen) atoms. The van der Waals surface area contributed by atoms with Crippen LogP contribution in [0.1, 0.15) is 43.9 Å². The molecule has 0 saturated carbocycles. The lowest BCUT2D eigenvalue weighted by Gasteiger charge is -2.16. The van der Waals surface area contributed by atoms with E-state index in [2.05, 4.69) is 4.72 Å². The molecule has 0 aliphatic heterocycles. The van der Waals surface area contributed by atoms with Gasteiger partial charge in [0.2, 0.25) is 10.0 Å². The van der Waals surface area contributed by atoms with Crippen LogP contribution in [0.2, 0.25) is 0 Å². The molecule has 0 fully saturated rings. The van der Waals surface area contributed by atoms with Gasteiger partial charge in [-0.3, -0.25) is 4.79 Å². The summed E-state index contributed by atoms with van der Waals surface area (Å²) in [5.41, 5.74) is 2.69. The molecular weight excluding hydrogens is 290 g/mol. The van der Waals surface area contributed by atoms with Crippen molar-refractivity contribution in [1.29, 1.82) is 0 Å². The Morgan fingerprint density at radius 3 is 2.00 bits per heavy atom. The Hall–Kier alpha value is -1.40. The minimum atomic E-state index is -3.68. The largest absolute Gasteiger partial charge is 0.481 e. The number of nitrogens with one attached hydrogen (secondary N) is 1. The van der Waals surface area contributed by atoms with E-state index >= 15 is 0 Å². The maximum Gasteiger partial charge on any atom is 0.304 e. The van der Waals surface area contributed by atoms with Crippen LogP contribution in [-0.2, 0) is 34.1 Å². The minimum absolute atomic E-state index is 0.0977. The Morgan fingerprint density at radius 2 is 1.62 bits per heavy atom. The molecule has 5 nitrogen and oxygen atoms in total. The number of hydrogen-bond acceptors (Lipinski definition) is 3. The van der Waals surface area contributed by atoms with E-state index in [1.807, 2.05) is 32.9 Å². The quantitative estimate of drug-likeness (QED) is 0.770. The second-order valence-electron chi connectivity index (χ2n) is 4.85. The van der Waals surface area contributed by atoms with E-state index in [1.165, 1.54) is 0 Å². The van der Waals surface area contributed by atoms with Gasteiger partial charge in [0.25, 0.3) is 0 Å². The van der Waals surface area contributed by atoms with Crippen molar-refractivity contribution >= 4 is 16.0 Å². The zero-order chi connectivity index (χ0) is 16.0. The number of benzene rings is 1. The zero-order valence-corrected chi connectivity index (χ0v) is 13.6. The van der Waals surface area contributed by atoms with Crippen LogP contribution in [0.3, 0.4) is 0 Å². The van der Waals surface area contributed by atoms with Gasteiger partial charge in [-0.1, -0.05) is 32.9 Å². The molecule has 0 atom stereocenters. The molecule has 0 radical (unpaired) electrons. The van der Waals surface area contributed by atoms with Gasteiger partial charge in [-0.2, -0.15) is 0 Å². The van der Waals surface area contributed by atoms with Crippen LogP contribution < -0.4 is 4.72 Å².